The van der Waals surface area contributed by atoms with E-state index in [1.807, 2.05) is 0 Å². The van der Waals surface area contributed by atoms with Crippen LogP contribution in [0.15, 0.2) is 42.5 Å². The molecule has 0 aromatic heterocycles. The third-order valence-electron chi connectivity index (χ3n) is 3.04. The molecule has 0 unspecified atom stereocenters. The Bertz CT molecular complexity index is 639. The fraction of sp³-hybridized carbons (Fsp3) is 0.188. The van der Waals surface area contributed by atoms with Crippen molar-refractivity contribution < 1.29 is 13.9 Å². The number of nitrogens with zero attached hydrogens (tertiary/aromatic N) is 1. The first-order valence-electron chi connectivity index (χ1n) is 6.43. The van der Waals surface area contributed by atoms with Gasteiger partial charge in [0.1, 0.15) is 11.6 Å². The first kappa shape index (κ1) is 14.8. The molecule has 1 amide bonds. The SMILES string of the molecule is COc1ccc(C(=O)Nc2ccc(N(C)C)c(F)c2)cc1. The molecule has 2 aromatic rings. The molecule has 0 spiro atoms. The molecule has 0 atom stereocenters. The molecule has 0 radical (unpaired) electrons. The van der Waals surface area contributed by atoms with Crippen molar-refractivity contribution in [2.45, 2.75) is 0 Å². The highest BCUT2D eigenvalue weighted by Crippen LogP contribution is 2.21. The summed E-state index contributed by atoms with van der Waals surface area (Å²) in [4.78, 5) is 13.7. The number of anilines is 2. The molecule has 5 heteroatoms. The van der Waals surface area contributed by atoms with Crippen LogP contribution in [0.5, 0.6) is 5.75 Å². The zero-order valence-corrected chi connectivity index (χ0v) is 12.2. The summed E-state index contributed by atoms with van der Waals surface area (Å²) >= 11 is 0. The zero-order valence-electron chi connectivity index (χ0n) is 12.2. The van der Waals surface area contributed by atoms with Crippen LogP contribution >= 0.6 is 0 Å². The van der Waals surface area contributed by atoms with Gasteiger partial charge in [0.2, 0.25) is 0 Å². The predicted molar refractivity (Wildman–Crippen MR) is 81.7 cm³/mol. The van der Waals surface area contributed by atoms with Gasteiger partial charge in [-0.15, -0.1) is 0 Å². The fourth-order valence-electron chi connectivity index (χ4n) is 1.89. The summed E-state index contributed by atoms with van der Waals surface area (Å²) in [6.07, 6.45) is 0. The molecule has 0 aliphatic rings. The zero-order chi connectivity index (χ0) is 15.4. The Labute approximate surface area is 123 Å². The number of hydrogen-bond acceptors (Lipinski definition) is 3. The van der Waals surface area contributed by atoms with Gasteiger partial charge in [0.05, 0.1) is 12.8 Å². The van der Waals surface area contributed by atoms with Gasteiger partial charge in [0, 0.05) is 25.3 Å². The van der Waals surface area contributed by atoms with Crippen LogP contribution in [0.2, 0.25) is 0 Å². The molecule has 21 heavy (non-hydrogen) atoms. The average molecular weight is 288 g/mol. The summed E-state index contributed by atoms with van der Waals surface area (Å²) in [5.41, 5.74) is 1.37. The summed E-state index contributed by atoms with van der Waals surface area (Å²) in [7, 11) is 5.08. The maximum Gasteiger partial charge on any atom is 0.255 e. The highest BCUT2D eigenvalue weighted by atomic mass is 19.1. The van der Waals surface area contributed by atoms with Crippen molar-refractivity contribution >= 4 is 17.3 Å². The molecule has 0 aliphatic carbocycles. The Hall–Kier alpha value is -2.56. The molecule has 0 fully saturated rings. The standard InChI is InChI=1S/C16H17FN2O2/c1-19(2)15-9-6-12(10-14(15)17)18-16(20)11-4-7-13(21-3)8-5-11/h4-10H,1-3H3,(H,18,20). The lowest BCUT2D eigenvalue weighted by atomic mass is 10.2. The van der Waals surface area contributed by atoms with Gasteiger partial charge in [0.25, 0.3) is 5.91 Å². The molecule has 2 rings (SSSR count). The number of ether oxygens (including phenoxy) is 1. The largest absolute Gasteiger partial charge is 0.497 e. The highest BCUT2D eigenvalue weighted by Gasteiger charge is 2.09. The van der Waals surface area contributed by atoms with Crippen molar-refractivity contribution in [1.82, 2.24) is 0 Å². The number of rotatable bonds is 4. The van der Waals surface area contributed by atoms with E-state index in [4.69, 9.17) is 4.74 Å². The molecule has 1 N–H and O–H groups in total. The second-order valence-corrected chi connectivity index (χ2v) is 4.74. The Morgan fingerprint density at radius 3 is 2.33 bits per heavy atom. The quantitative estimate of drug-likeness (QED) is 0.939. The first-order valence-corrected chi connectivity index (χ1v) is 6.43. The Kier molecular flexibility index (Phi) is 4.42. The van der Waals surface area contributed by atoms with E-state index in [9.17, 15) is 9.18 Å². The smallest absolute Gasteiger partial charge is 0.255 e. The molecular weight excluding hydrogens is 271 g/mol. The number of hydrogen-bond donors (Lipinski definition) is 1. The predicted octanol–water partition coefficient (Wildman–Crippen LogP) is 3.15. The molecule has 0 heterocycles. The maximum absolute atomic E-state index is 13.8. The van der Waals surface area contributed by atoms with Crippen LogP contribution in [0.1, 0.15) is 10.4 Å². The first-order chi connectivity index (χ1) is 10.0. The van der Waals surface area contributed by atoms with Crippen LogP contribution in [0, 0.1) is 5.82 Å². The van der Waals surface area contributed by atoms with Gasteiger partial charge in [-0.3, -0.25) is 4.79 Å². The van der Waals surface area contributed by atoms with Crippen LogP contribution in [-0.2, 0) is 0 Å². The molecule has 0 bridgehead atoms. The second-order valence-electron chi connectivity index (χ2n) is 4.74. The Balaban J connectivity index is 2.13. The van der Waals surface area contributed by atoms with Crippen molar-refractivity contribution in [2.24, 2.45) is 0 Å². The van der Waals surface area contributed by atoms with Crippen molar-refractivity contribution in [1.29, 1.82) is 0 Å². The third kappa shape index (κ3) is 3.51. The van der Waals surface area contributed by atoms with E-state index < -0.39 is 0 Å². The van der Waals surface area contributed by atoms with Gasteiger partial charge < -0.3 is 15.0 Å². The molecule has 2 aromatic carbocycles. The summed E-state index contributed by atoms with van der Waals surface area (Å²) in [6.45, 7) is 0. The normalized spacial score (nSPS) is 10.1. The number of methoxy groups -OCH3 is 1. The molecule has 0 aliphatic heterocycles. The molecule has 0 saturated heterocycles. The van der Waals surface area contributed by atoms with E-state index in [1.54, 1.807) is 62.5 Å². The minimum absolute atomic E-state index is 0.297. The minimum atomic E-state index is -0.382. The van der Waals surface area contributed by atoms with E-state index in [0.29, 0.717) is 22.7 Å². The summed E-state index contributed by atoms with van der Waals surface area (Å²) in [6, 6.07) is 11.3. The van der Waals surface area contributed by atoms with Crippen molar-refractivity contribution in [3.63, 3.8) is 0 Å². The van der Waals surface area contributed by atoms with E-state index in [1.165, 1.54) is 6.07 Å². The topological polar surface area (TPSA) is 41.6 Å². The van der Waals surface area contributed by atoms with Gasteiger partial charge in [-0.1, -0.05) is 0 Å². The van der Waals surface area contributed by atoms with Crippen LogP contribution in [-0.4, -0.2) is 27.1 Å². The van der Waals surface area contributed by atoms with E-state index in [0.717, 1.165) is 0 Å². The van der Waals surface area contributed by atoms with E-state index in [-0.39, 0.29) is 11.7 Å². The lowest BCUT2D eigenvalue weighted by Gasteiger charge is -2.14. The summed E-state index contributed by atoms with van der Waals surface area (Å²) in [5.74, 6) is -0.00452. The number of amides is 1. The van der Waals surface area contributed by atoms with E-state index in [2.05, 4.69) is 5.32 Å². The summed E-state index contributed by atoms with van der Waals surface area (Å²) in [5, 5.41) is 2.66. The molecular formula is C16H17FN2O2. The van der Waals surface area contributed by atoms with Gasteiger partial charge in [-0.05, 0) is 42.5 Å². The van der Waals surface area contributed by atoms with Gasteiger partial charge in [0.15, 0.2) is 0 Å². The third-order valence-corrected chi connectivity index (χ3v) is 3.04. The Morgan fingerprint density at radius 2 is 1.81 bits per heavy atom. The van der Waals surface area contributed by atoms with E-state index >= 15 is 0 Å². The number of carbonyl (C=O) groups excluding carboxylic acids is 1. The average Bonchev–Trinajstić information content (AvgIpc) is 2.47. The van der Waals surface area contributed by atoms with Gasteiger partial charge >= 0.3 is 0 Å². The van der Waals surface area contributed by atoms with Crippen LogP contribution in [0.25, 0.3) is 0 Å². The number of nitrogens with one attached hydrogen (secondary N) is 1. The van der Waals surface area contributed by atoms with Crippen molar-refractivity contribution in [2.75, 3.05) is 31.4 Å². The molecule has 110 valence electrons. The Morgan fingerprint density at radius 1 is 1.14 bits per heavy atom. The van der Waals surface area contributed by atoms with Crippen LogP contribution in [0.3, 0.4) is 0 Å². The van der Waals surface area contributed by atoms with Gasteiger partial charge in [-0.2, -0.15) is 0 Å². The number of halogens is 1. The monoisotopic (exact) mass is 288 g/mol. The lowest BCUT2D eigenvalue weighted by Crippen LogP contribution is -2.13. The van der Waals surface area contributed by atoms with Crippen molar-refractivity contribution in [3.05, 3.63) is 53.8 Å². The lowest BCUT2D eigenvalue weighted by molar-refractivity contribution is 0.102. The summed E-state index contributed by atoms with van der Waals surface area (Å²) < 4.78 is 18.9. The minimum Gasteiger partial charge on any atom is -0.497 e. The van der Waals surface area contributed by atoms with Gasteiger partial charge in [-0.25, -0.2) is 4.39 Å². The molecule has 4 nitrogen and oxygen atoms in total. The van der Waals surface area contributed by atoms with Crippen LogP contribution < -0.4 is 15.0 Å². The fourth-order valence-corrected chi connectivity index (χ4v) is 1.89. The number of benzene rings is 2. The highest BCUT2D eigenvalue weighted by molar-refractivity contribution is 6.04. The second kappa shape index (κ2) is 6.26. The van der Waals surface area contributed by atoms with Crippen LogP contribution in [0.4, 0.5) is 15.8 Å². The molecule has 0 saturated carbocycles. The maximum atomic E-state index is 13.8. The van der Waals surface area contributed by atoms with Crippen molar-refractivity contribution in [3.8, 4) is 5.75 Å². The number of carbonyl (C=O) groups is 1.